The number of phenolic OH excluding ortho intramolecular Hbond substituents is 2. The molecule has 4 aromatic carbocycles. The first-order valence-electron chi connectivity index (χ1n) is 13.2. The van der Waals surface area contributed by atoms with Crippen molar-refractivity contribution in [3.05, 3.63) is 95.1 Å². The topological polar surface area (TPSA) is 111 Å². The lowest BCUT2D eigenvalue weighted by atomic mass is 9.72. The smallest absolute Gasteiger partial charge is 0.142 e. The maximum Gasteiger partial charge on any atom is 0.142 e. The third-order valence-corrected chi connectivity index (χ3v) is 8.38. The lowest BCUT2D eigenvalue weighted by Gasteiger charge is -2.30. The zero-order valence-electron chi connectivity index (χ0n) is 22.7. The number of hydrogen-bond acceptors (Lipinski definition) is 6. The van der Waals surface area contributed by atoms with Crippen LogP contribution in [0, 0.1) is 0 Å². The van der Waals surface area contributed by atoms with Gasteiger partial charge >= 0.3 is 0 Å². The summed E-state index contributed by atoms with van der Waals surface area (Å²) >= 11 is 0. The highest BCUT2D eigenvalue weighted by Gasteiger charge is 2.57. The van der Waals surface area contributed by atoms with E-state index in [-0.39, 0.29) is 27.7 Å². The van der Waals surface area contributed by atoms with Gasteiger partial charge in [-0.15, -0.1) is 0 Å². The van der Waals surface area contributed by atoms with Crippen LogP contribution in [0.25, 0.3) is 0 Å². The van der Waals surface area contributed by atoms with E-state index >= 15 is 0 Å². The van der Waals surface area contributed by atoms with Gasteiger partial charge in [-0.2, -0.15) is 0 Å². The van der Waals surface area contributed by atoms with Gasteiger partial charge < -0.3 is 31.2 Å². The van der Waals surface area contributed by atoms with Gasteiger partial charge in [0.05, 0.1) is 11.4 Å². The maximum absolute atomic E-state index is 10.1. The lowest BCUT2D eigenvalue weighted by molar-refractivity contribution is 0.345. The second-order valence-corrected chi connectivity index (χ2v) is 12.2. The first kappa shape index (κ1) is 25.0. The fourth-order valence-corrected chi connectivity index (χ4v) is 7.13. The number of ether oxygens (including phenoxy) is 2. The molecular formula is C33H34N2O4. The lowest BCUT2D eigenvalue weighted by Crippen LogP contribution is -2.26. The number of hydrogen-bond donors (Lipinski definition) is 4. The standard InChI is InChI=1S/C33H34N2O4/c1-31(2)17-33(21-7-5-9-27(29(21)31)38-19-11-13-23(34)25(36)15-19)18-32(3,4)30-22(33)8-6-10-28(30)39-20-12-14-24(35)26(37)16-20/h5-16,36-37H,17-18,34-35H2,1-4H3. The van der Waals surface area contributed by atoms with Gasteiger partial charge in [-0.1, -0.05) is 52.0 Å². The van der Waals surface area contributed by atoms with Gasteiger partial charge in [0.2, 0.25) is 0 Å². The van der Waals surface area contributed by atoms with Crippen molar-refractivity contribution >= 4 is 11.4 Å². The third kappa shape index (κ3) is 3.85. The molecule has 39 heavy (non-hydrogen) atoms. The molecule has 200 valence electrons. The van der Waals surface area contributed by atoms with Gasteiger partial charge in [0.1, 0.15) is 34.5 Å². The van der Waals surface area contributed by atoms with Crippen LogP contribution in [-0.2, 0) is 16.2 Å². The molecule has 0 saturated carbocycles. The van der Waals surface area contributed by atoms with Crippen molar-refractivity contribution in [2.75, 3.05) is 11.5 Å². The SMILES string of the molecule is CC1(C)CC2(CC(C)(C)c3c(Oc4ccc(N)c(O)c4)cccc32)c2cccc(Oc3ccc(N)c(O)c3)c21. The van der Waals surface area contributed by atoms with Crippen LogP contribution in [0.2, 0.25) is 0 Å². The molecule has 4 aromatic rings. The number of anilines is 2. The van der Waals surface area contributed by atoms with Crippen LogP contribution < -0.4 is 20.9 Å². The van der Waals surface area contributed by atoms with Crippen LogP contribution in [0.15, 0.2) is 72.8 Å². The van der Waals surface area contributed by atoms with Gasteiger partial charge in [-0.05, 0) is 71.2 Å². The largest absolute Gasteiger partial charge is 0.506 e. The molecule has 6 heteroatoms. The van der Waals surface area contributed by atoms with Gasteiger partial charge in [-0.3, -0.25) is 0 Å². The van der Waals surface area contributed by atoms with Crippen LogP contribution in [0.4, 0.5) is 11.4 Å². The normalized spacial score (nSPS) is 17.5. The number of nitrogen functional groups attached to an aromatic ring is 2. The van der Waals surface area contributed by atoms with E-state index in [0.717, 1.165) is 24.3 Å². The Bertz CT molecular complexity index is 1500. The van der Waals surface area contributed by atoms with Crippen LogP contribution in [0.1, 0.15) is 62.8 Å². The third-order valence-electron chi connectivity index (χ3n) is 8.38. The Morgan fingerprint density at radius 2 is 1.03 bits per heavy atom. The fourth-order valence-electron chi connectivity index (χ4n) is 7.13. The molecule has 0 bridgehead atoms. The Balaban J connectivity index is 1.48. The van der Waals surface area contributed by atoms with E-state index in [9.17, 15) is 10.2 Å². The summed E-state index contributed by atoms with van der Waals surface area (Å²) < 4.78 is 12.8. The highest BCUT2D eigenvalue weighted by atomic mass is 16.5. The Hall–Kier alpha value is -4.32. The molecular weight excluding hydrogens is 488 g/mol. The van der Waals surface area contributed by atoms with Crippen molar-refractivity contribution in [3.8, 4) is 34.5 Å². The molecule has 0 atom stereocenters. The summed E-state index contributed by atoms with van der Waals surface area (Å²) in [5, 5.41) is 20.3. The molecule has 1 spiro atoms. The van der Waals surface area contributed by atoms with Crippen molar-refractivity contribution in [3.63, 3.8) is 0 Å². The van der Waals surface area contributed by atoms with Crippen molar-refractivity contribution in [2.24, 2.45) is 0 Å². The van der Waals surface area contributed by atoms with Gasteiger partial charge in [0, 0.05) is 28.7 Å². The summed E-state index contributed by atoms with van der Waals surface area (Å²) in [6, 6.07) is 22.5. The van der Waals surface area contributed by atoms with Crippen molar-refractivity contribution in [1.82, 2.24) is 0 Å². The average Bonchev–Trinajstić information content (AvgIpc) is 3.25. The molecule has 0 radical (unpaired) electrons. The van der Waals surface area contributed by atoms with Crippen molar-refractivity contribution in [1.29, 1.82) is 0 Å². The second kappa shape index (κ2) is 8.34. The van der Waals surface area contributed by atoms with Crippen LogP contribution in [0.5, 0.6) is 34.5 Å². The summed E-state index contributed by atoms with van der Waals surface area (Å²) in [5.74, 6) is 2.67. The van der Waals surface area contributed by atoms with E-state index in [4.69, 9.17) is 20.9 Å². The van der Waals surface area contributed by atoms with Crippen LogP contribution in [-0.4, -0.2) is 10.2 Å². The summed E-state index contributed by atoms with van der Waals surface area (Å²) in [4.78, 5) is 0. The molecule has 6 nitrogen and oxygen atoms in total. The molecule has 0 aromatic heterocycles. The number of nitrogens with two attached hydrogens (primary N) is 2. The van der Waals surface area contributed by atoms with Gasteiger partial charge in [0.25, 0.3) is 0 Å². The number of fused-ring (bicyclic) bond motifs is 4. The minimum absolute atomic E-state index is 0.00391. The first-order chi connectivity index (χ1) is 18.4. The molecule has 0 aliphatic heterocycles. The second-order valence-electron chi connectivity index (χ2n) is 12.2. The Morgan fingerprint density at radius 3 is 1.41 bits per heavy atom. The molecule has 0 amide bonds. The Kier molecular flexibility index (Phi) is 5.34. The summed E-state index contributed by atoms with van der Waals surface area (Å²) in [6.07, 6.45) is 1.84. The van der Waals surface area contributed by atoms with E-state index < -0.39 is 0 Å². The minimum Gasteiger partial charge on any atom is -0.506 e. The van der Waals surface area contributed by atoms with E-state index in [1.807, 2.05) is 12.1 Å². The van der Waals surface area contributed by atoms with E-state index in [1.165, 1.54) is 22.3 Å². The minimum atomic E-state index is -0.219. The zero-order valence-corrected chi connectivity index (χ0v) is 22.7. The number of rotatable bonds is 4. The summed E-state index contributed by atoms with van der Waals surface area (Å²) in [6.45, 7) is 9.10. The Morgan fingerprint density at radius 1 is 0.615 bits per heavy atom. The van der Waals surface area contributed by atoms with E-state index in [0.29, 0.717) is 22.9 Å². The van der Waals surface area contributed by atoms with E-state index in [1.54, 1.807) is 36.4 Å². The quantitative estimate of drug-likeness (QED) is 0.163. The Labute approximate surface area is 228 Å². The molecule has 6 N–H and O–H groups in total. The van der Waals surface area contributed by atoms with Crippen molar-refractivity contribution in [2.45, 2.75) is 56.8 Å². The fraction of sp³-hybridized carbons (Fsp3) is 0.273. The van der Waals surface area contributed by atoms with Crippen LogP contribution >= 0.6 is 0 Å². The predicted octanol–water partition coefficient (Wildman–Crippen LogP) is 7.50. The number of aromatic hydroxyl groups is 2. The molecule has 6 rings (SSSR count). The highest BCUT2D eigenvalue weighted by Crippen LogP contribution is 2.65. The molecule has 0 fully saturated rings. The summed E-state index contributed by atoms with van der Waals surface area (Å²) in [5.41, 5.74) is 16.6. The van der Waals surface area contributed by atoms with Gasteiger partial charge in [0.15, 0.2) is 0 Å². The molecule has 2 aliphatic carbocycles. The van der Waals surface area contributed by atoms with Crippen molar-refractivity contribution < 1.29 is 19.7 Å². The monoisotopic (exact) mass is 522 g/mol. The summed E-state index contributed by atoms with van der Waals surface area (Å²) in [7, 11) is 0. The number of phenols is 2. The first-order valence-corrected chi connectivity index (χ1v) is 13.2. The molecule has 0 saturated heterocycles. The predicted molar refractivity (Wildman–Crippen MR) is 154 cm³/mol. The molecule has 0 heterocycles. The number of benzene rings is 4. The highest BCUT2D eigenvalue weighted by molar-refractivity contribution is 5.66. The van der Waals surface area contributed by atoms with E-state index in [2.05, 4.69) is 52.0 Å². The molecule has 0 unspecified atom stereocenters. The molecule has 2 aliphatic rings. The maximum atomic E-state index is 10.1. The van der Waals surface area contributed by atoms with Gasteiger partial charge in [-0.25, -0.2) is 0 Å². The van der Waals surface area contributed by atoms with Crippen LogP contribution in [0.3, 0.4) is 0 Å². The average molecular weight is 523 g/mol. The zero-order chi connectivity index (χ0) is 27.7.